The van der Waals surface area contributed by atoms with E-state index in [9.17, 15) is 23.1 Å². The zero-order valence-corrected chi connectivity index (χ0v) is 14.2. The maximum absolute atomic E-state index is 12.6. The number of hydrogen-bond acceptors (Lipinski definition) is 3. The highest BCUT2D eigenvalue weighted by Gasteiger charge is 2.34. The molecule has 0 saturated carbocycles. The number of rotatable bonds is 5. The van der Waals surface area contributed by atoms with E-state index in [1.165, 1.54) is 0 Å². The summed E-state index contributed by atoms with van der Waals surface area (Å²) in [6, 6.07) is 8.89. The van der Waals surface area contributed by atoms with Crippen molar-refractivity contribution in [3.63, 3.8) is 0 Å². The van der Waals surface area contributed by atoms with Crippen LogP contribution in [0.2, 0.25) is 5.02 Å². The van der Waals surface area contributed by atoms with Crippen LogP contribution in [-0.2, 0) is 12.6 Å². The summed E-state index contributed by atoms with van der Waals surface area (Å²) >= 11 is 6.18. The molecular weight excluding hydrogens is 363 g/mol. The minimum atomic E-state index is -4.48. The Bertz CT molecular complexity index is 715. The highest BCUT2D eigenvalue weighted by Crippen LogP contribution is 2.34. The predicted molar refractivity (Wildman–Crippen MR) is 87.4 cm³/mol. The molecular formula is C16H15ClF3NO2S. The summed E-state index contributed by atoms with van der Waals surface area (Å²) in [6.07, 6.45) is -4.17. The molecule has 0 radical (unpaired) electrons. The molecule has 1 unspecified atom stereocenters. The van der Waals surface area contributed by atoms with Crippen LogP contribution in [0, 0.1) is 0 Å². The average Bonchev–Trinajstić information content (AvgIpc) is 3.00. The molecule has 1 aromatic carbocycles. The fraction of sp³-hybridized carbons (Fsp3) is 0.312. The molecule has 0 aliphatic heterocycles. The maximum atomic E-state index is 12.6. The quantitative estimate of drug-likeness (QED) is 0.822. The van der Waals surface area contributed by atoms with E-state index in [0.717, 1.165) is 17.7 Å². The van der Waals surface area contributed by atoms with Crippen LogP contribution in [0.3, 0.4) is 0 Å². The monoisotopic (exact) mass is 377 g/mol. The molecule has 1 heterocycles. The minimum absolute atomic E-state index is 0.0573. The Labute approximate surface area is 146 Å². The molecule has 2 N–H and O–H groups in total. The van der Waals surface area contributed by atoms with E-state index in [1.54, 1.807) is 31.2 Å². The van der Waals surface area contributed by atoms with Gasteiger partial charge in [0.1, 0.15) is 4.88 Å². The Morgan fingerprint density at radius 1 is 1.21 bits per heavy atom. The lowest BCUT2D eigenvalue weighted by Crippen LogP contribution is -2.50. The Kier molecular flexibility index (Phi) is 5.57. The lowest BCUT2D eigenvalue weighted by molar-refractivity contribution is -0.134. The summed E-state index contributed by atoms with van der Waals surface area (Å²) < 4.78 is 37.9. The first-order chi connectivity index (χ1) is 11.1. The van der Waals surface area contributed by atoms with Crippen molar-refractivity contribution in [3.8, 4) is 0 Å². The van der Waals surface area contributed by atoms with Crippen molar-refractivity contribution in [2.45, 2.75) is 25.1 Å². The van der Waals surface area contributed by atoms with Crippen molar-refractivity contribution in [2.75, 3.05) is 6.61 Å². The van der Waals surface area contributed by atoms with Gasteiger partial charge in [-0.25, -0.2) is 0 Å². The van der Waals surface area contributed by atoms with E-state index < -0.39 is 22.5 Å². The second-order valence-electron chi connectivity index (χ2n) is 5.64. The van der Waals surface area contributed by atoms with Gasteiger partial charge in [0.05, 0.1) is 17.0 Å². The first kappa shape index (κ1) is 18.8. The maximum Gasteiger partial charge on any atom is 0.425 e. The molecule has 130 valence electrons. The number of benzene rings is 1. The minimum Gasteiger partial charge on any atom is -0.394 e. The summed E-state index contributed by atoms with van der Waals surface area (Å²) in [6.45, 7) is 1.26. The zero-order chi connectivity index (χ0) is 18.0. The predicted octanol–water partition coefficient (Wildman–Crippen LogP) is 4.14. The number of alkyl halides is 3. The lowest BCUT2D eigenvalue weighted by Gasteiger charge is -2.28. The highest BCUT2D eigenvalue weighted by atomic mass is 35.5. The number of halogens is 4. The molecule has 8 heteroatoms. The van der Waals surface area contributed by atoms with Crippen LogP contribution in [-0.4, -0.2) is 23.2 Å². The largest absolute Gasteiger partial charge is 0.425 e. The Morgan fingerprint density at radius 3 is 2.33 bits per heavy atom. The van der Waals surface area contributed by atoms with Crippen LogP contribution in [0.4, 0.5) is 13.2 Å². The van der Waals surface area contributed by atoms with Gasteiger partial charge in [-0.2, -0.15) is 13.2 Å². The number of nitrogens with one attached hydrogen (secondary N) is 1. The zero-order valence-electron chi connectivity index (χ0n) is 12.7. The molecule has 1 atom stereocenters. The van der Waals surface area contributed by atoms with Gasteiger partial charge in [-0.3, -0.25) is 4.79 Å². The number of hydrogen-bond donors (Lipinski definition) is 2. The topological polar surface area (TPSA) is 49.3 Å². The van der Waals surface area contributed by atoms with E-state index in [4.69, 9.17) is 11.6 Å². The number of carbonyl (C=O) groups excluding carboxylic acids is 1. The van der Waals surface area contributed by atoms with E-state index in [1.807, 2.05) is 0 Å². The molecule has 0 aliphatic rings. The third kappa shape index (κ3) is 4.72. The van der Waals surface area contributed by atoms with Crippen molar-refractivity contribution in [2.24, 2.45) is 0 Å². The molecule has 1 aromatic heterocycles. The number of aliphatic hydroxyl groups excluding tert-OH is 1. The van der Waals surface area contributed by atoms with E-state index in [0.29, 0.717) is 22.8 Å². The van der Waals surface area contributed by atoms with Gasteiger partial charge >= 0.3 is 6.18 Å². The average molecular weight is 378 g/mol. The molecule has 24 heavy (non-hydrogen) atoms. The third-order valence-corrected chi connectivity index (χ3v) is 4.76. The van der Waals surface area contributed by atoms with Crippen LogP contribution in [0.15, 0.2) is 36.4 Å². The van der Waals surface area contributed by atoms with Crippen molar-refractivity contribution in [1.82, 2.24) is 5.32 Å². The Hall–Kier alpha value is -1.57. The van der Waals surface area contributed by atoms with E-state index in [2.05, 4.69) is 5.32 Å². The van der Waals surface area contributed by atoms with E-state index in [-0.39, 0.29) is 11.5 Å². The molecule has 2 aromatic rings. The van der Waals surface area contributed by atoms with Gasteiger partial charge < -0.3 is 10.4 Å². The molecule has 2 rings (SSSR count). The van der Waals surface area contributed by atoms with E-state index >= 15 is 0 Å². The fourth-order valence-electron chi connectivity index (χ4n) is 2.14. The second kappa shape index (κ2) is 7.13. The molecule has 0 bridgehead atoms. The first-order valence-electron chi connectivity index (χ1n) is 6.98. The van der Waals surface area contributed by atoms with Gasteiger partial charge in [0, 0.05) is 5.02 Å². The van der Waals surface area contributed by atoms with Gasteiger partial charge in [-0.1, -0.05) is 23.7 Å². The highest BCUT2D eigenvalue weighted by molar-refractivity contribution is 7.14. The molecule has 0 aliphatic carbocycles. The summed E-state index contributed by atoms with van der Waals surface area (Å²) in [5, 5.41) is 12.8. The van der Waals surface area contributed by atoms with Crippen molar-refractivity contribution >= 4 is 28.8 Å². The van der Waals surface area contributed by atoms with Crippen molar-refractivity contribution in [3.05, 3.63) is 56.7 Å². The standard InChI is InChI=1S/C16H15ClF3NO2S/c1-15(9-22,8-10-2-4-11(17)5-3-10)21-14(23)12-6-7-13(24-12)16(18,19)20/h2-7,22H,8-9H2,1H3,(H,21,23). The van der Waals surface area contributed by atoms with Crippen LogP contribution in [0.25, 0.3) is 0 Å². The van der Waals surface area contributed by atoms with Gasteiger partial charge in [-0.05, 0) is 43.2 Å². The normalized spacial score (nSPS) is 14.2. The molecule has 0 spiro atoms. The number of carbonyl (C=O) groups is 1. The van der Waals surface area contributed by atoms with Crippen molar-refractivity contribution in [1.29, 1.82) is 0 Å². The summed E-state index contributed by atoms with van der Waals surface area (Å²) in [7, 11) is 0. The van der Waals surface area contributed by atoms with Gasteiger partial charge in [0.25, 0.3) is 5.91 Å². The van der Waals surface area contributed by atoms with Gasteiger partial charge in [-0.15, -0.1) is 11.3 Å². The number of aliphatic hydroxyl groups is 1. The number of amides is 1. The van der Waals surface area contributed by atoms with Gasteiger partial charge in [0.15, 0.2) is 0 Å². The van der Waals surface area contributed by atoms with Crippen LogP contribution >= 0.6 is 22.9 Å². The second-order valence-corrected chi connectivity index (χ2v) is 7.16. The Balaban J connectivity index is 2.12. The molecule has 0 saturated heterocycles. The molecule has 0 fully saturated rings. The third-order valence-electron chi connectivity index (χ3n) is 3.38. The summed E-state index contributed by atoms with van der Waals surface area (Å²) in [4.78, 5) is 11.3. The lowest BCUT2D eigenvalue weighted by atomic mass is 9.93. The molecule has 3 nitrogen and oxygen atoms in total. The molecule has 1 amide bonds. The fourth-order valence-corrected chi connectivity index (χ4v) is 3.03. The smallest absolute Gasteiger partial charge is 0.394 e. The summed E-state index contributed by atoms with van der Waals surface area (Å²) in [5.41, 5.74) is -0.175. The SMILES string of the molecule is CC(CO)(Cc1ccc(Cl)cc1)NC(=O)c1ccc(C(F)(F)F)s1. The Morgan fingerprint density at radius 2 is 1.83 bits per heavy atom. The van der Waals surface area contributed by atoms with Crippen molar-refractivity contribution < 1.29 is 23.1 Å². The van der Waals surface area contributed by atoms with Gasteiger partial charge in [0.2, 0.25) is 0 Å². The summed E-state index contributed by atoms with van der Waals surface area (Å²) in [5.74, 6) is -0.652. The first-order valence-corrected chi connectivity index (χ1v) is 8.17. The van der Waals surface area contributed by atoms with Crippen LogP contribution in [0.1, 0.15) is 27.0 Å². The number of thiophene rings is 1. The van der Waals surface area contributed by atoms with Crippen LogP contribution < -0.4 is 5.32 Å². The van der Waals surface area contributed by atoms with Crippen LogP contribution in [0.5, 0.6) is 0 Å².